The zero-order chi connectivity index (χ0) is 14.1. The molecular weight excluding hydrogens is 270 g/mol. The summed E-state index contributed by atoms with van der Waals surface area (Å²) in [4.78, 5) is 15.1. The summed E-state index contributed by atoms with van der Waals surface area (Å²) < 4.78 is 0. The smallest absolute Gasteiger partial charge is 0.178 e. The Kier molecular flexibility index (Phi) is 3.66. The first-order valence-electron chi connectivity index (χ1n) is 7.34. The number of anilines is 2. The number of nitrogens with zero attached hydrogens (tertiary/aromatic N) is 2. The summed E-state index contributed by atoms with van der Waals surface area (Å²) in [5.41, 5.74) is 6.99. The molecular formula is C15H19N3OS. The molecule has 0 unspecified atom stereocenters. The SMILES string of the molecule is N#Cc1c(N2CCCCCC2)sc(C(=O)C2CC2)c1N. The fourth-order valence-electron chi connectivity index (χ4n) is 2.75. The molecule has 106 valence electrons. The molecule has 4 nitrogen and oxygen atoms in total. The van der Waals surface area contributed by atoms with Crippen LogP contribution in [0.15, 0.2) is 0 Å². The summed E-state index contributed by atoms with van der Waals surface area (Å²) >= 11 is 1.43. The number of carbonyl (C=O) groups excluding carboxylic acids is 1. The first kappa shape index (κ1) is 13.4. The number of nitrogens with two attached hydrogens (primary N) is 1. The van der Waals surface area contributed by atoms with E-state index in [0.717, 1.165) is 43.8 Å². The van der Waals surface area contributed by atoms with Gasteiger partial charge in [0.05, 0.1) is 10.6 Å². The van der Waals surface area contributed by atoms with Crippen LogP contribution in [0, 0.1) is 17.2 Å². The van der Waals surface area contributed by atoms with Crippen LogP contribution in [-0.4, -0.2) is 18.9 Å². The van der Waals surface area contributed by atoms with Gasteiger partial charge in [-0.2, -0.15) is 5.26 Å². The maximum absolute atomic E-state index is 12.3. The number of hydrogen-bond acceptors (Lipinski definition) is 5. The van der Waals surface area contributed by atoms with Crippen LogP contribution in [0.1, 0.15) is 53.8 Å². The van der Waals surface area contributed by atoms with Gasteiger partial charge in [0.15, 0.2) is 5.78 Å². The standard InChI is InChI=1S/C15H19N3OS/c16-9-11-12(17)14(13(19)10-5-6-10)20-15(11)18-7-3-1-2-4-8-18/h10H,1-8,17H2. The van der Waals surface area contributed by atoms with Gasteiger partial charge in [0.25, 0.3) is 0 Å². The highest BCUT2D eigenvalue weighted by molar-refractivity contribution is 7.19. The molecule has 1 aromatic rings. The number of nitriles is 1. The number of nitrogen functional groups attached to an aromatic ring is 1. The van der Waals surface area contributed by atoms with Gasteiger partial charge in [0.1, 0.15) is 16.6 Å². The lowest BCUT2D eigenvalue weighted by atomic mass is 10.1. The Balaban J connectivity index is 1.95. The maximum Gasteiger partial charge on any atom is 0.178 e. The van der Waals surface area contributed by atoms with Crippen molar-refractivity contribution in [1.82, 2.24) is 0 Å². The molecule has 0 bridgehead atoms. The molecule has 20 heavy (non-hydrogen) atoms. The normalized spacial score (nSPS) is 19.4. The average Bonchev–Trinajstić information content (AvgIpc) is 3.25. The van der Waals surface area contributed by atoms with E-state index in [1.165, 1.54) is 24.2 Å². The van der Waals surface area contributed by atoms with E-state index >= 15 is 0 Å². The topological polar surface area (TPSA) is 70.1 Å². The van der Waals surface area contributed by atoms with Crippen molar-refractivity contribution in [3.05, 3.63) is 10.4 Å². The highest BCUT2D eigenvalue weighted by Crippen LogP contribution is 2.43. The molecule has 0 spiro atoms. The summed E-state index contributed by atoms with van der Waals surface area (Å²) in [7, 11) is 0. The molecule has 0 radical (unpaired) electrons. The lowest BCUT2D eigenvalue weighted by molar-refractivity contribution is 0.0972. The first-order valence-corrected chi connectivity index (χ1v) is 8.15. The summed E-state index contributed by atoms with van der Waals surface area (Å²) in [5.74, 6) is 0.296. The van der Waals surface area contributed by atoms with Crippen molar-refractivity contribution >= 4 is 27.8 Å². The molecule has 0 amide bonds. The Morgan fingerprint density at radius 3 is 2.45 bits per heavy atom. The van der Waals surface area contributed by atoms with Crippen molar-refractivity contribution in [3.63, 3.8) is 0 Å². The van der Waals surface area contributed by atoms with Gasteiger partial charge >= 0.3 is 0 Å². The van der Waals surface area contributed by atoms with E-state index < -0.39 is 0 Å². The third kappa shape index (κ3) is 2.40. The van der Waals surface area contributed by atoms with Crippen molar-refractivity contribution in [3.8, 4) is 6.07 Å². The van der Waals surface area contributed by atoms with Gasteiger partial charge in [0.2, 0.25) is 0 Å². The van der Waals surface area contributed by atoms with E-state index in [2.05, 4.69) is 11.0 Å². The predicted octanol–water partition coefficient (Wildman–Crippen LogP) is 3.18. The molecule has 2 aliphatic rings. The van der Waals surface area contributed by atoms with Crippen LogP contribution in [0.4, 0.5) is 10.7 Å². The molecule has 0 aromatic carbocycles. The summed E-state index contributed by atoms with van der Waals surface area (Å²) in [6.45, 7) is 1.93. The second kappa shape index (κ2) is 5.45. The quantitative estimate of drug-likeness (QED) is 0.868. The molecule has 1 aliphatic carbocycles. The van der Waals surface area contributed by atoms with Crippen LogP contribution in [0.5, 0.6) is 0 Å². The Morgan fingerprint density at radius 2 is 1.90 bits per heavy atom. The van der Waals surface area contributed by atoms with Crippen LogP contribution in [0.25, 0.3) is 0 Å². The third-order valence-electron chi connectivity index (χ3n) is 4.10. The van der Waals surface area contributed by atoms with Crippen LogP contribution >= 0.6 is 11.3 Å². The molecule has 3 rings (SSSR count). The van der Waals surface area contributed by atoms with E-state index in [0.29, 0.717) is 16.1 Å². The lowest BCUT2D eigenvalue weighted by Gasteiger charge is -2.20. The van der Waals surface area contributed by atoms with E-state index in [9.17, 15) is 10.1 Å². The van der Waals surface area contributed by atoms with Crippen LogP contribution in [-0.2, 0) is 0 Å². The zero-order valence-electron chi connectivity index (χ0n) is 11.5. The fourth-order valence-corrected chi connectivity index (χ4v) is 3.99. The number of Topliss-reactive ketones (excluding diaryl/α,β-unsaturated/α-hetero) is 1. The van der Waals surface area contributed by atoms with Gasteiger partial charge in [0, 0.05) is 19.0 Å². The summed E-state index contributed by atoms with van der Waals surface area (Å²) in [5, 5.41) is 10.3. The van der Waals surface area contributed by atoms with E-state index in [-0.39, 0.29) is 11.7 Å². The lowest BCUT2D eigenvalue weighted by Crippen LogP contribution is -2.23. The molecule has 2 N–H and O–H groups in total. The number of hydrogen-bond donors (Lipinski definition) is 1. The number of thiophene rings is 1. The number of rotatable bonds is 3. The van der Waals surface area contributed by atoms with Crippen molar-refractivity contribution in [2.24, 2.45) is 5.92 Å². The van der Waals surface area contributed by atoms with E-state index in [4.69, 9.17) is 5.73 Å². The highest BCUT2D eigenvalue weighted by atomic mass is 32.1. The zero-order valence-corrected chi connectivity index (χ0v) is 12.3. The average molecular weight is 289 g/mol. The van der Waals surface area contributed by atoms with Crippen LogP contribution in [0.2, 0.25) is 0 Å². The van der Waals surface area contributed by atoms with E-state index in [1.54, 1.807) is 0 Å². The van der Waals surface area contributed by atoms with Crippen molar-refractivity contribution in [1.29, 1.82) is 5.26 Å². The van der Waals surface area contributed by atoms with Gasteiger partial charge in [-0.1, -0.05) is 12.8 Å². The molecule has 1 aliphatic heterocycles. The van der Waals surface area contributed by atoms with Gasteiger partial charge in [-0.25, -0.2) is 0 Å². The Hall–Kier alpha value is -1.54. The molecule has 1 aromatic heterocycles. The molecule has 1 saturated heterocycles. The first-order chi connectivity index (χ1) is 9.72. The monoisotopic (exact) mass is 289 g/mol. The molecule has 5 heteroatoms. The maximum atomic E-state index is 12.3. The Labute approximate surface area is 123 Å². The molecule has 2 fully saturated rings. The van der Waals surface area contributed by atoms with Crippen molar-refractivity contribution < 1.29 is 4.79 Å². The van der Waals surface area contributed by atoms with Gasteiger partial charge < -0.3 is 10.6 Å². The Morgan fingerprint density at radius 1 is 1.25 bits per heavy atom. The van der Waals surface area contributed by atoms with Crippen LogP contribution < -0.4 is 10.6 Å². The van der Waals surface area contributed by atoms with Crippen molar-refractivity contribution in [2.45, 2.75) is 38.5 Å². The fraction of sp³-hybridized carbons (Fsp3) is 0.600. The second-order valence-electron chi connectivity index (χ2n) is 5.68. The number of ketones is 1. The predicted molar refractivity (Wildman–Crippen MR) is 81.2 cm³/mol. The minimum absolute atomic E-state index is 0.144. The minimum Gasteiger partial charge on any atom is -0.396 e. The molecule has 1 saturated carbocycles. The van der Waals surface area contributed by atoms with Gasteiger partial charge in [-0.3, -0.25) is 4.79 Å². The largest absolute Gasteiger partial charge is 0.396 e. The summed E-state index contributed by atoms with van der Waals surface area (Å²) in [6, 6.07) is 2.21. The van der Waals surface area contributed by atoms with E-state index in [1.807, 2.05) is 0 Å². The minimum atomic E-state index is 0.144. The Bertz CT molecular complexity index is 560. The van der Waals surface area contributed by atoms with Crippen LogP contribution in [0.3, 0.4) is 0 Å². The highest BCUT2D eigenvalue weighted by Gasteiger charge is 2.34. The molecule has 2 heterocycles. The number of carbonyl (C=O) groups is 1. The summed E-state index contributed by atoms with van der Waals surface area (Å²) in [6.07, 6.45) is 6.72. The molecule has 0 atom stereocenters. The van der Waals surface area contributed by atoms with Gasteiger partial charge in [-0.15, -0.1) is 11.3 Å². The van der Waals surface area contributed by atoms with Gasteiger partial charge in [-0.05, 0) is 25.7 Å². The van der Waals surface area contributed by atoms with Crippen molar-refractivity contribution in [2.75, 3.05) is 23.7 Å². The third-order valence-corrected chi connectivity index (χ3v) is 5.38. The second-order valence-corrected chi connectivity index (χ2v) is 6.68.